The topological polar surface area (TPSA) is 102 Å². The molecule has 1 aromatic heterocycles. The number of aromatic nitrogens is 2. The van der Waals surface area contributed by atoms with E-state index < -0.39 is 11.6 Å². The summed E-state index contributed by atoms with van der Waals surface area (Å²) >= 11 is 0. The van der Waals surface area contributed by atoms with E-state index in [1.54, 1.807) is 55.5 Å². The van der Waals surface area contributed by atoms with Crippen molar-refractivity contribution in [2.45, 2.75) is 20.0 Å². The van der Waals surface area contributed by atoms with Gasteiger partial charge in [-0.05, 0) is 43.3 Å². The first-order chi connectivity index (χ1) is 13.5. The first-order valence-electron chi connectivity index (χ1n) is 8.80. The summed E-state index contributed by atoms with van der Waals surface area (Å²) in [6, 6.07) is 13.1. The van der Waals surface area contributed by atoms with E-state index >= 15 is 0 Å². The van der Waals surface area contributed by atoms with Gasteiger partial charge in [-0.3, -0.25) is 23.5 Å². The van der Waals surface area contributed by atoms with E-state index in [0.717, 1.165) is 4.57 Å². The summed E-state index contributed by atoms with van der Waals surface area (Å²) in [6.45, 7) is 1.68. The molecule has 0 aliphatic carbocycles. The minimum Gasteiger partial charge on any atom is -0.355 e. The van der Waals surface area contributed by atoms with Gasteiger partial charge in [0.2, 0.25) is 5.91 Å². The Morgan fingerprint density at radius 1 is 0.964 bits per heavy atom. The summed E-state index contributed by atoms with van der Waals surface area (Å²) in [5.41, 5.74) is 0.477. The van der Waals surface area contributed by atoms with Crippen LogP contribution in [0.25, 0.3) is 10.9 Å². The zero-order chi connectivity index (χ0) is 20.3. The van der Waals surface area contributed by atoms with Crippen LogP contribution in [0.4, 0.5) is 5.69 Å². The highest BCUT2D eigenvalue weighted by atomic mass is 16.2. The Bertz CT molecular complexity index is 1160. The molecule has 3 rings (SSSR count). The molecule has 0 radical (unpaired) electrons. The van der Waals surface area contributed by atoms with E-state index in [-0.39, 0.29) is 24.6 Å². The molecule has 0 unspecified atom stereocenters. The molecular weight excluding hydrogens is 360 g/mol. The van der Waals surface area contributed by atoms with Crippen molar-refractivity contribution in [1.82, 2.24) is 14.5 Å². The predicted octanol–water partition coefficient (Wildman–Crippen LogP) is 1.18. The average molecular weight is 380 g/mol. The van der Waals surface area contributed by atoms with E-state index in [2.05, 4.69) is 10.6 Å². The number of anilines is 1. The summed E-state index contributed by atoms with van der Waals surface area (Å²) in [4.78, 5) is 49.2. The summed E-state index contributed by atoms with van der Waals surface area (Å²) in [5, 5.41) is 5.60. The molecule has 0 aliphatic rings. The Balaban J connectivity index is 1.90. The van der Waals surface area contributed by atoms with Crippen molar-refractivity contribution < 1.29 is 9.59 Å². The fraction of sp³-hybridized carbons (Fsp3) is 0.200. The number of hydrogen-bond donors (Lipinski definition) is 2. The van der Waals surface area contributed by atoms with Crippen molar-refractivity contribution in [2.75, 3.05) is 12.4 Å². The molecule has 0 saturated heterocycles. The van der Waals surface area contributed by atoms with Crippen LogP contribution in [0.3, 0.4) is 0 Å². The zero-order valence-electron chi connectivity index (χ0n) is 15.6. The highest BCUT2D eigenvalue weighted by Crippen LogP contribution is 2.11. The van der Waals surface area contributed by atoms with Gasteiger partial charge in [0.1, 0.15) is 6.54 Å². The van der Waals surface area contributed by atoms with Crippen LogP contribution in [0.5, 0.6) is 0 Å². The molecule has 8 heteroatoms. The molecule has 2 amide bonds. The monoisotopic (exact) mass is 380 g/mol. The average Bonchev–Trinajstić information content (AvgIpc) is 2.71. The quantitative estimate of drug-likeness (QED) is 0.694. The summed E-state index contributed by atoms with van der Waals surface area (Å²) < 4.78 is 2.39. The van der Waals surface area contributed by atoms with Gasteiger partial charge in [-0.15, -0.1) is 0 Å². The SMILES string of the molecule is CCn1c(=O)c2ccccc2n(CC(=O)Nc2ccc(C(=O)NC)cc2)c1=O. The second-order valence-corrected chi connectivity index (χ2v) is 6.14. The minimum atomic E-state index is -0.531. The van der Waals surface area contributed by atoms with Crippen LogP contribution in [-0.4, -0.2) is 28.0 Å². The van der Waals surface area contributed by atoms with E-state index in [4.69, 9.17) is 0 Å². The molecule has 0 spiro atoms. The van der Waals surface area contributed by atoms with Crippen LogP contribution in [0.2, 0.25) is 0 Å². The third-order valence-electron chi connectivity index (χ3n) is 4.41. The number of amides is 2. The normalized spacial score (nSPS) is 10.6. The number of benzene rings is 2. The maximum absolute atomic E-state index is 12.7. The lowest BCUT2D eigenvalue weighted by Crippen LogP contribution is -2.41. The molecule has 8 nitrogen and oxygen atoms in total. The molecule has 2 N–H and O–H groups in total. The van der Waals surface area contributed by atoms with Gasteiger partial charge in [-0.1, -0.05) is 12.1 Å². The van der Waals surface area contributed by atoms with Gasteiger partial charge < -0.3 is 10.6 Å². The van der Waals surface area contributed by atoms with E-state index in [9.17, 15) is 19.2 Å². The largest absolute Gasteiger partial charge is 0.355 e. The fourth-order valence-electron chi connectivity index (χ4n) is 3.00. The number of nitrogens with one attached hydrogen (secondary N) is 2. The molecule has 0 saturated carbocycles. The predicted molar refractivity (Wildman–Crippen MR) is 107 cm³/mol. The maximum atomic E-state index is 12.7. The number of fused-ring (bicyclic) bond motifs is 1. The van der Waals surface area contributed by atoms with Crippen molar-refractivity contribution in [3.63, 3.8) is 0 Å². The van der Waals surface area contributed by atoms with Gasteiger partial charge in [0.25, 0.3) is 11.5 Å². The maximum Gasteiger partial charge on any atom is 0.331 e. The smallest absolute Gasteiger partial charge is 0.331 e. The lowest BCUT2D eigenvalue weighted by Gasteiger charge is -2.13. The summed E-state index contributed by atoms with van der Waals surface area (Å²) in [7, 11) is 1.54. The Labute approximate surface area is 160 Å². The Morgan fingerprint density at radius 2 is 1.64 bits per heavy atom. The molecule has 0 aliphatic heterocycles. The number of carbonyl (C=O) groups excluding carboxylic acids is 2. The van der Waals surface area contributed by atoms with Gasteiger partial charge in [-0.25, -0.2) is 4.79 Å². The third kappa shape index (κ3) is 3.57. The fourth-order valence-corrected chi connectivity index (χ4v) is 3.00. The number of hydrogen-bond acceptors (Lipinski definition) is 4. The van der Waals surface area contributed by atoms with Crippen LogP contribution in [0.15, 0.2) is 58.1 Å². The minimum absolute atomic E-state index is 0.213. The molecule has 0 bridgehead atoms. The third-order valence-corrected chi connectivity index (χ3v) is 4.41. The van der Waals surface area contributed by atoms with Gasteiger partial charge >= 0.3 is 5.69 Å². The number of carbonyl (C=O) groups is 2. The van der Waals surface area contributed by atoms with Crippen molar-refractivity contribution >= 4 is 28.4 Å². The molecular formula is C20H20N4O4. The van der Waals surface area contributed by atoms with Crippen LogP contribution >= 0.6 is 0 Å². The summed E-state index contributed by atoms with van der Waals surface area (Å²) in [6.07, 6.45) is 0. The second kappa shape index (κ2) is 7.91. The van der Waals surface area contributed by atoms with Crippen molar-refractivity contribution in [2.24, 2.45) is 0 Å². The van der Waals surface area contributed by atoms with E-state index in [1.807, 2.05) is 0 Å². The van der Waals surface area contributed by atoms with Crippen LogP contribution in [0.1, 0.15) is 17.3 Å². The molecule has 0 fully saturated rings. The van der Waals surface area contributed by atoms with Crippen LogP contribution in [-0.2, 0) is 17.9 Å². The van der Waals surface area contributed by atoms with Gasteiger partial charge in [0.15, 0.2) is 0 Å². The first-order valence-corrected chi connectivity index (χ1v) is 8.80. The molecule has 3 aromatic rings. The second-order valence-electron chi connectivity index (χ2n) is 6.14. The molecule has 28 heavy (non-hydrogen) atoms. The summed E-state index contributed by atoms with van der Waals surface area (Å²) in [5.74, 6) is -0.640. The zero-order valence-corrected chi connectivity index (χ0v) is 15.6. The van der Waals surface area contributed by atoms with Crippen molar-refractivity contribution in [1.29, 1.82) is 0 Å². The van der Waals surface area contributed by atoms with Crippen LogP contribution in [0, 0.1) is 0 Å². The van der Waals surface area contributed by atoms with Crippen LogP contribution < -0.4 is 21.9 Å². The Hall–Kier alpha value is -3.68. The van der Waals surface area contributed by atoms with E-state index in [0.29, 0.717) is 22.2 Å². The van der Waals surface area contributed by atoms with Crippen molar-refractivity contribution in [3.05, 3.63) is 74.9 Å². The van der Waals surface area contributed by atoms with Gasteiger partial charge in [0, 0.05) is 24.8 Å². The van der Waals surface area contributed by atoms with Crippen molar-refractivity contribution in [3.8, 4) is 0 Å². The lowest BCUT2D eigenvalue weighted by atomic mass is 10.2. The number of para-hydroxylation sites is 1. The lowest BCUT2D eigenvalue weighted by molar-refractivity contribution is -0.116. The first kappa shape index (κ1) is 19.1. The highest BCUT2D eigenvalue weighted by Gasteiger charge is 2.14. The van der Waals surface area contributed by atoms with Gasteiger partial charge in [0.05, 0.1) is 10.9 Å². The molecule has 2 aromatic carbocycles. The highest BCUT2D eigenvalue weighted by molar-refractivity contribution is 5.95. The number of rotatable bonds is 5. The van der Waals surface area contributed by atoms with E-state index in [1.165, 1.54) is 11.6 Å². The molecule has 1 heterocycles. The standard InChI is InChI=1S/C20H20N4O4/c1-3-23-19(27)15-6-4-5-7-16(15)24(20(23)28)12-17(25)22-14-10-8-13(9-11-14)18(26)21-2/h4-11H,3,12H2,1-2H3,(H,21,26)(H,22,25). The Kier molecular flexibility index (Phi) is 5.39. The van der Waals surface area contributed by atoms with Gasteiger partial charge in [-0.2, -0.15) is 0 Å². The Morgan fingerprint density at radius 3 is 2.29 bits per heavy atom. The molecule has 144 valence electrons. The number of nitrogens with zero attached hydrogens (tertiary/aromatic N) is 2. The molecule has 0 atom stereocenters.